The average molecular weight is 372 g/mol. The van der Waals surface area contributed by atoms with E-state index >= 15 is 0 Å². The highest BCUT2D eigenvalue weighted by atomic mass is 32.2. The van der Waals surface area contributed by atoms with Crippen LogP contribution in [0.4, 0.5) is 5.69 Å². The molecule has 5 nitrogen and oxygen atoms in total. The molecule has 0 aliphatic carbocycles. The maximum Gasteiger partial charge on any atom is 0.264 e. The number of hydrogen-bond acceptors (Lipinski definition) is 3. The number of amides is 1. The molecule has 6 heteroatoms. The minimum absolute atomic E-state index is 0.143. The smallest absolute Gasteiger partial charge is 0.264 e. The van der Waals surface area contributed by atoms with Gasteiger partial charge in [0.05, 0.1) is 10.6 Å². The second kappa shape index (κ2) is 8.67. The minimum atomic E-state index is -3.86. The van der Waals surface area contributed by atoms with E-state index in [4.69, 9.17) is 0 Å². The van der Waals surface area contributed by atoms with E-state index in [1.54, 1.807) is 36.4 Å². The number of carbonyl (C=O) groups is 1. The van der Waals surface area contributed by atoms with Gasteiger partial charge < -0.3 is 5.32 Å². The molecule has 0 bridgehead atoms. The Kier molecular flexibility index (Phi) is 6.58. The van der Waals surface area contributed by atoms with Crippen LogP contribution in [0, 0.1) is 0 Å². The zero-order chi connectivity index (χ0) is 19.2. The quantitative estimate of drug-likeness (QED) is 0.723. The summed E-state index contributed by atoms with van der Waals surface area (Å²) < 4.78 is 27.3. The van der Waals surface area contributed by atoms with Crippen molar-refractivity contribution in [3.8, 4) is 0 Å². The third-order valence-corrected chi connectivity index (χ3v) is 5.70. The van der Waals surface area contributed by atoms with Crippen molar-refractivity contribution in [3.63, 3.8) is 0 Å². The van der Waals surface area contributed by atoms with Gasteiger partial charge in [0, 0.05) is 6.54 Å². The molecule has 0 aliphatic rings. The molecule has 2 aromatic carbocycles. The van der Waals surface area contributed by atoms with E-state index in [0.29, 0.717) is 11.6 Å². The van der Waals surface area contributed by atoms with Crippen molar-refractivity contribution in [1.29, 1.82) is 0 Å². The van der Waals surface area contributed by atoms with Gasteiger partial charge in [-0.3, -0.25) is 9.10 Å². The van der Waals surface area contributed by atoms with Crippen LogP contribution in [0.15, 0.2) is 72.1 Å². The molecule has 138 valence electrons. The van der Waals surface area contributed by atoms with Crippen LogP contribution < -0.4 is 9.62 Å². The summed E-state index contributed by atoms with van der Waals surface area (Å²) in [5.74, 6) is -0.0588. The fourth-order valence-corrected chi connectivity index (χ4v) is 3.87. The lowest BCUT2D eigenvalue weighted by Gasteiger charge is -2.24. The summed E-state index contributed by atoms with van der Waals surface area (Å²) in [5.41, 5.74) is 1.55. The van der Waals surface area contributed by atoms with E-state index in [9.17, 15) is 13.2 Å². The zero-order valence-corrected chi connectivity index (χ0v) is 15.9. The molecule has 0 spiro atoms. The first kappa shape index (κ1) is 19.7. The van der Waals surface area contributed by atoms with E-state index in [1.807, 2.05) is 12.1 Å². The molecule has 0 atom stereocenters. The predicted molar refractivity (Wildman–Crippen MR) is 105 cm³/mol. The number of sulfonamides is 1. The normalized spacial score (nSPS) is 11.2. The maximum atomic E-state index is 13.1. The predicted octanol–water partition coefficient (Wildman–Crippen LogP) is 3.31. The SMILES string of the molecule is C=CCNC(=O)CN(c1ccc(C(C)C)cc1)S(=O)(=O)c1ccccc1. The van der Waals surface area contributed by atoms with Crippen LogP contribution in [0.2, 0.25) is 0 Å². The van der Waals surface area contributed by atoms with Crippen LogP contribution in [-0.2, 0) is 14.8 Å². The van der Waals surface area contributed by atoms with Crippen LogP contribution in [0.25, 0.3) is 0 Å². The third kappa shape index (κ3) is 4.73. The van der Waals surface area contributed by atoms with Gasteiger partial charge in [0.1, 0.15) is 6.54 Å². The van der Waals surface area contributed by atoms with Crippen molar-refractivity contribution in [2.45, 2.75) is 24.7 Å². The third-order valence-electron chi connectivity index (χ3n) is 3.91. The first-order valence-electron chi connectivity index (χ1n) is 8.41. The highest BCUT2D eigenvalue weighted by Crippen LogP contribution is 2.25. The summed E-state index contributed by atoms with van der Waals surface area (Å²) >= 11 is 0. The topological polar surface area (TPSA) is 66.5 Å². The van der Waals surface area contributed by atoms with Gasteiger partial charge in [-0.25, -0.2) is 8.42 Å². The van der Waals surface area contributed by atoms with Gasteiger partial charge >= 0.3 is 0 Å². The Hall–Kier alpha value is -2.60. The van der Waals surface area contributed by atoms with Gasteiger partial charge in [-0.05, 0) is 35.7 Å². The Morgan fingerprint density at radius 1 is 1.12 bits per heavy atom. The molecule has 0 heterocycles. The summed E-state index contributed by atoms with van der Waals surface area (Å²) in [7, 11) is -3.86. The Bertz CT molecular complexity index is 844. The summed E-state index contributed by atoms with van der Waals surface area (Å²) in [6, 6.07) is 15.3. The van der Waals surface area contributed by atoms with E-state index < -0.39 is 15.9 Å². The largest absolute Gasteiger partial charge is 0.351 e. The molecule has 0 aliphatic heterocycles. The first-order valence-corrected chi connectivity index (χ1v) is 9.85. The molecule has 2 aromatic rings. The van der Waals surface area contributed by atoms with Crippen LogP contribution in [0.5, 0.6) is 0 Å². The Labute approximate surface area is 155 Å². The second-order valence-electron chi connectivity index (χ2n) is 6.16. The summed E-state index contributed by atoms with van der Waals surface area (Å²) in [6.07, 6.45) is 1.55. The molecule has 0 saturated heterocycles. The number of rotatable bonds is 8. The second-order valence-corrected chi connectivity index (χ2v) is 8.03. The molecule has 0 fully saturated rings. The number of nitrogens with zero attached hydrogens (tertiary/aromatic N) is 1. The molecule has 0 radical (unpaired) electrons. The lowest BCUT2D eigenvalue weighted by atomic mass is 10.0. The van der Waals surface area contributed by atoms with E-state index in [-0.39, 0.29) is 18.0 Å². The Morgan fingerprint density at radius 2 is 1.73 bits per heavy atom. The molecule has 0 saturated carbocycles. The first-order chi connectivity index (χ1) is 12.4. The highest BCUT2D eigenvalue weighted by molar-refractivity contribution is 7.92. The average Bonchev–Trinajstić information content (AvgIpc) is 2.65. The number of anilines is 1. The molecule has 0 aromatic heterocycles. The van der Waals surface area contributed by atoms with Gasteiger partial charge in [-0.1, -0.05) is 50.3 Å². The van der Waals surface area contributed by atoms with E-state index in [1.165, 1.54) is 12.1 Å². The van der Waals surface area contributed by atoms with Gasteiger partial charge in [-0.2, -0.15) is 0 Å². The van der Waals surface area contributed by atoms with Crippen LogP contribution in [0.3, 0.4) is 0 Å². The van der Waals surface area contributed by atoms with Gasteiger partial charge in [0.2, 0.25) is 5.91 Å². The Balaban J connectivity index is 2.41. The van der Waals surface area contributed by atoms with Crippen molar-refractivity contribution in [2.75, 3.05) is 17.4 Å². The molecule has 1 N–H and O–H groups in total. The van der Waals surface area contributed by atoms with Crippen LogP contribution in [-0.4, -0.2) is 27.4 Å². The fourth-order valence-electron chi connectivity index (χ4n) is 2.43. The number of hydrogen-bond donors (Lipinski definition) is 1. The summed E-state index contributed by atoms with van der Waals surface area (Å²) in [6.45, 7) is 7.66. The molecule has 26 heavy (non-hydrogen) atoms. The van der Waals surface area contributed by atoms with Gasteiger partial charge in [0.15, 0.2) is 0 Å². The molecule has 1 amide bonds. The van der Waals surface area contributed by atoms with Crippen molar-refractivity contribution in [3.05, 3.63) is 72.8 Å². The van der Waals surface area contributed by atoms with Gasteiger partial charge in [-0.15, -0.1) is 6.58 Å². The molecular weight excluding hydrogens is 348 g/mol. The van der Waals surface area contributed by atoms with Crippen molar-refractivity contribution < 1.29 is 13.2 Å². The van der Waals surface area contributed by atoms with E-state index in [2.05, 4.69) is 25.7 Å². The maximum absolute atomic E-state index is 13.1. The molecule has 0 unspecified atom stereocenters. The zero-order valence-electron chi connectivity index (χ0n) is 15.1. The van der Waals surface area contributed by atoms with Gasteiger partial charge in [0.25, 0.3) is 10.0 Å². The fraction of sp³-hybridized carbons (Fsp3) is 0.250. The van der Waals surface area contributed by atoms with Crippen molar-refractivity contribution >= 4 is 21.6 Å². The minimum Gasteiger partial charge on any atom is -0.351 e. The standard InChI is InChI=1S/C20H24N2O3S/c1-4-14-21-20(23)15-22(18-12-10-17(11-13-18)16(2)3)26(24,25)19-8-6-5-7-9-19/h4-13,16H,1,14-15H2,2-3H3,(H,21,23). The number of carbonyl (C=O) groups excluding carboxylic acids is 1. The molecule has 2 rings (SSSR count). The van der Waals surface area contributed by atoms with Crippen molar-refractivity contribution in [2.24, 2.45) is 0 Å². The summed E-state index contributed by atoms with van der Waals surface area (Å²) in [4.78, 5) is 12.3. The number of nitrogens with one attached hydrogen (secondary N) is 1. The van der Waals surface area contributed by atoms with Crippen LogP contribution in [0.1, 0.15) is 25.3 Å². The van der Waals surface area contributed by atoms with Crippen molar-refractivity contribution in [1.82, 2.24) is 5.32 Å². The lowest BCUT2D eigenvalue weighted by Crippen LogP contribution is -2.40. The molecular formula is C20H24N2O3S. The number of benzene rings is 2. The van der Waals surface area contributed by atoms with Crippen LogP contribution >= 0.6 is 0 Å². The lowest BCUT2D eigenvalue weighted by molar-refractivity contribution is -0.119. The monoisotopic (exact) mass is 372 g/mol. The highest BCUT2D eigenvalue weighted by Gasteiger charge is 2.26. The van der Waals surface area contributed by atoms with E-state index in [0.717, 1.165) is 9.87 Å². The summed E-state index contributed by atoms with van der Waals surface area (Å²) in [5, 5.41) is 2.62. The Morgan fingerprint density at radius 3 is 2.27 bits per heavy atom.